The summed E-state index contributed by atoms with van der Waals surface area (Å²) in [6.45, 7) is 1.03. The summed E-state index contributed by atoms with van der Waals surface area (Å²) >= 11 is 1.30. The molecule has 1 aliphatic heterocycles. The maximum atomic E-state index is 12.5. The number of nitrogens with one attached hydrogen (secondary N) is 2. The van der Waals surface area contributed by atoms with Crippen LogP contribution in [0.3, 0.4) is 0 Å². The predicted molar refractivity (Wildman–Crippen MR) is 129 cm³/mol. The van der Waals surface area contributed by atoms with Gasteiger partial charge in [-0.05, 0) is 37.1 Å². The lowest BCUT2D eigenvalue weighted by atomic mass is 10.1. The van der Waals surface area contributed by atoms with Crippen molar-refractivity contribution in [2.45, 2.75) is 32.2 Å². The van der Waals surface area contributed by atoms with Crippen LogP contribution < -0.4 is 10.6 Å². The van der Waals surface area contributed by atoms with E-state index in [1.807, 2.05) is 42.5 Å². The smallest absolute Gasteiger partial charge is 0.257 e. The highest BCUT2D eigenvalue weighted by Crippen LogP contribution is 2.24. The quantitative estimate of drug-likeness (QED) is 0.436. The molecule has 2 N–H and O–H groups in total. The number of aryl methyl sites for hydroxylation is 2. The zero-order chi connectivity index (χ0) is 22.6. The summed E-state index contributed by atoms with van der Waals surface area (Å²) in [5.74, 6) is 0.766. The van der Waals surface area contributed by atoms with Crippen molar-refractivity contribution in [1.82, 2.24) is 14.5 Å². The Morgan fingerprint density at radius 1 is 0.970 bits per heavy atom. The molecule has 1 aliphatic rings. The molecule has 166 valence electrons. The van der Waals surface area contributed by atoms with Crippen LogP contribution in [0.2, 0.25) is 0 Å². The molecule has 0 aliphatic carbocycles. The second-order valence-electron chi connectivity index (χ2n) is 7.96. The second-order valence-corrected chi connectivity index (χ2v) is 8.82. The number of thiazole rings is 1. The lowest BCUT2D eigenvalue weighted by Crippen LogP contribution is -2.15. The van der Waals surface area contributed by atoms with Gasteiger partial charge in [0.1, 0.15) is 5.82 Å². The van der Waals surface area contributed by atoms with Gasteiger partial charge >= 0.3 is 0 Å². The topological polar surface area (TPSA) is 88.9 Å². The number of aromatic nitrogens is 3. The molecule has 8 heteroatoms. The second kappa shape index (κ2) is 9.38. The van der Waals surface area contributed by atoms with Gasteiger partial charge in [-0.3, -0.25) is 14.9 Å². The van der Waals surface area contributed by atoms with E-state index in [-0.39, 0.29) is 18.2 Å². The Kier molecular flexibility index (Phi) is 5.99. The molecule has 2 amide bonds. The van der Waals surface area contributed by atoms with Crippen LogP contribution in [0.15, 0.2) is 66.2 Å². The Hall–Kier alpha value is -3.78. The van der Waals surface area contributed by atoms with Crippen molar-refractivity contribution in [1.29, 1.82) is 0 Å². The number of fused-ring (bicyclic) bond motifs is 1. The maximum Gasteiger partial charge on any atom is 0.257 e. The number of imidazole rings is 1. The van der Waals surface area contributed by atoms with Crippen LogP contribution in [-0.2, 0) is 24.2 Å². The van der Waals surface area contributed by atoms with Crippen molar-refractivity contribution in [2.75, 3.05) is 10.6 Å². The third-order valence-corrected chi connectivity index (χ3v) is 6.33. The predicted octanol–water partition coefficient (Wildman–Crippen LogP) is 4.78. The van der Waals surface area contributed by atoms with E-state index in [0.717, 1.165) is 35.7 Å². The number of amides is 2. The lowest BCUT2D eigenvalue weighted by Gasteiger charge is -2.11. The number of nitrogens with zero attached hydrogens (tertiary/aromatic N) is 3. The van der Waals surface area contributed by atoms with Crippen LogP contribution in [0.4, 0.5) is 10.8 Å². The van der Waals surface area contributed by atoms with Gasteiger partial charge in [-0.15, -0.1) is 11.3 Å². The van der Waals surface area contributed by atoms with Crippen molar-refractivity contribution < 1.29 is 9.59 Å². The fourth-order valence-corrected chi connectivity index (χ4v) is 4.56. The molecule has 5 rings (SSSR count). The van der Waals surface area contributed by atoms with Gasteiger partial charge in [-0.1, -0.05) is 30.3 Å². The summed E-state index contributed by atoms with van der Waals surface area (Å²) in [6, 6.07) is 16.7. The molecule has 0 radical (unpaired) electrons. The third-order valence-electron chi connectivity index (χ3n) is 5.52. The molecule has 2 aromatic carbocycles. The third kappa shape index (κ3) is 5.01. The molecule has 0 saturated carbocycles. The van der Waals surface area contributed by atoms with Crippen molar-refractivity contribution >= 4 is 34.0 Å². The van der Waals surface area contributed by atoms with Gasteiger partial charge in [0, 0.05) is 41.4 Å². The van der Waals surface area contributed by atoms with E-state index in [1.54, 1.807) is 17.5 Å². The van der Waals surface area contributed by atoms with E-state index in [1.165, 1.54) is 24.2 Å². The summed E-state index contributed by atoms with van der Waals surface area (Å²) in [7, 11) is 0. The largest absolute Gasteiger partial charge is 0.334 e. The molecule has 0 saturated heterocycles. The van der Waals surface area contributed by atoms with Crippen molar-refractivity contribution in [3.63, 3.8) is 0 Å². The monoisotopic (exact) mass is 457 g/mol. The summed E-state index contributed by atoms with van der Waals surface area (Å²) in [6.07, 6.45) is 5.67. The molecule has 0 bridgehead atoms. The standard InChI is InChI=1S/C25H23N5O2S/c31-23(14-20-16-33-25(27-20)29-24(32)18-6-2-1-3-7-18)26-19-11-9-17(10-12-19)21-15-30-13-5-4-8-22(30)28-21/h1-3,6-7,9-12,15-16H,4-5,8,13-14H2,(H,26,31)(H,27,29,32). The number of benzene rings is 2. The van der Waals surface area contributed by atoms with Gasteiger partial charge in [-0.2, -0.15) is 0 Å². The Labute approximate surface area is 195 Å². The average molecular weight is 458 g/mol. The number of rotatable bonds is 6. The molecular weight excluding hydrogens is 434 g/mol. The highest BCUT2D eigenvalue weighted by atomic mass is 32.1. The molecule has 2 aromatic heterocycles. The summed E-state index contributed by atoms with van der Waals surface area (Å²) < 4.78 is 2.24. The molecular formula is C25H23N5O2S. The zero-order valence-corrected chi connectivity index (χ0v) is 18.8. The number of hydrogen-bond donors (Lipinski definition) is 2. The van der Waals surface area contributed by atoms with Gasteiger partial charge in [0.25, 0.3) is 5.91 Å². The minimum absolute atomic E-state index is 0.132. The van der Waals surface area contributed by atoms with Crippen LogP contribution in [0, 0.1) is 0 Å². The van der Waals surface area contributed by atoms with Gasteiger partial charge in [-0.25, -0.2) is 9.97 Å². The minimum atomic E-state index is -0.223. The van der Waals surface area contributed by atoms with Gasteiger partial charge in [0.05, 0.1) is 17.8 Å². The highest BCUT2D eigenvalue weighted by Gasteiger charge is 2.14. The molecule has 0 unspecified atom stereocenters. The molecule has 0 spiro atoms. The number of hydrogen-bond acceptors (Lipinski definition) is 5. The van der Waals surface area contributed by atoms with E-state index in [2.05, 4.69) is 26.4 Å². The maximum absolute atomic E-state index is 12.5. The first-order valence-electron chi connectivity index (χ1n) is 10.9. The van der Waals surface area contributed by atoms with Crippen molar-refractivity contribution in [3.8, 4) is 11.3 Å². The Morgan fingerprint density at radius 2 is 1.79 bits per heavy atom. The van der Waals surface area contributed by atoms with E-state index >= 15 is 0 Å². The van der Waals surface area contributed by atoms with Crippen LogP contribution in [0.25, 0.3) is 11.3 Å². The highest BCUT2D eigenvalue weighted by molar-refractivity contribution is 7.14. The molecule has 0 atom stereocenters. The minimum Gasteiger partial charge on any atom is -0.334 e. The first-order valence-corrected chi connectivity index (χ1v) is 11.8. The lowest BCUT2D eigenvalue weighted by molar-refractivity contribution is -0.115. The molecule has 33 heavy (non-hydrogen) atoms. The Bertz CT molecular complexity index is 1250. The zero-order valence-electron chi connectivity index (χ0n) is 18.0. The van der Waals surface area contributed by atoms with Crippen LogP contribution in [0.1, 0.15) is 34.7 Å². The molecule has 0 fully saturated rings. The number of carbonyl (C=O) groups excluding carboxylic acids is 2. The molecule has 7 nitrogen and oxygen atoms in total. The fourth-order valence-electron chi connectivity index (χ4n) is 3.85. The number of carbonyl (C=O) groups is 2. The van der Waals surface area contributed by atoms with Crippen molar-refractivity contribution in [2.24, 2.45) is 0 Å². The first-order chi connectivity index (χ1) is 16.1. The molecule has 4 aromatic rings. The van der Waals surface area contributed by atoms with Gasteiger partial charge in [0.2, 0.25) is 5.91 Å². The van der Waals surface area contributed by atoms with Crippen LogP contribution in [0.5, 0.6) is 0 Å². The summed E-state index contributed by atoms with van der Waals surface area (Å²) in [5, 5.41) is 7.93. The Balaban J connectivity index is 1.17. The van der Waals surface area contributed by atoms with Gasteiger partial charge in [0.15, 0.2) is 5.13 Å². The Morgan fingerprint density at radius 3 is 2.58 bits per heavy atom. The van der Waals surface area contributed by atoms with Crippen molar-refractivity contribution in [3.05, 3.63) is 83.3 Å². The van der Waals surface area contributed by atoms with E-state index in [0.29, 0.717) is 16.4 Å². The average Bonchev–Trinajstić information content (AvgIpc) is 3.46. The summed E-state index contributed by atoms with van der Waals surface area (Å²) in [5.41, 5.74) is 3.90. The normalized spacial score (nSPS) is 12.7. The van der Waals surface area contributed by atoms with Crippen LogP contribution in [-0.4, -0.2) is 26.3 Å². The van der Waals surface area contributed by atoms with Crippen LogP contribution >= 0.6 is 11.3 Å². The SMILES string of the molecule is O=C(Cc1csc(NC(=O)c2ccccc2)n1)Nc1ccc(-c2cn3c(n2)CCCC3)cc1. The van der Waals surface area contributed by atoms with Gasteiger partial charge < -0.3 is 9.88 Å². The fraction of sp³-hybridized carbons (Fsp3) is 0.200. The summed E-state index contributed by atoms with van der Waals surface area (Å²) in [4.78, 5) is 33.8. The van der Waals surface area contributed by atoms with E-state index in [4.69, 9.17) is 4.98 Å². The van der Waals surface area contributed by atoms with E-state index < -0.39 is 0 Å². The number of anilines is 2. The first kappa shape index (κ1) is 21.1. The molecule has 3 heterocycles. The van der Waals surface area contributed by atoms with E-state index in [9.17, 15) is 9.59 Å².